The van der Waals surface area contributed by atoms with Crippen molar-refractivity contribution in [3.63, 3.8) is 0 Å². The summed E-state index contributed by atoms with van der Waals surface area (Å²) >= 11 is 4.18. The summed E-state index contributed by atoms with van der Waals surface area (Å²) in [6.07, 6.45) is 8.99. The normalized spacial score (nSPS) is 28.9. The zero-order valence-corrected chi connectivity index (χ0v) is 11.1. The molecular weight excluding hydrogens is 230 g/mol. The second kappa shape index (κ2) is 5.21. The minimum atomic E-state index is -0.398. The van der Waals surface area contributed by atoms with Crippen LogP contribution in [0.15, 0.2) is 24.5 Å². The molecule has 0 bridgehead atoms. The zero-order valence-electron chi connectivity index (χ0n) is 10.2. The van der Waals surface area contributed by atoms with E-state index in [4.69, 9.17) is 0 Å². The first-order valence-corrected chi connectivity index (χ1v) is 6.80. The van der Waals surface area contributed by atoms with Crippen LogP contribution in [0.5, 0.6) is 0 Å². The fraction of sp³-hybridized carbons (Fsp3) is 0.571. The average molecular weight is 249 g/mol. The van der Waals surface area contributed by atoms with Gasteiger partial charge in [0, 0.05) is 12.4 Å². The van der Waals surface area contributed by atoms with Gasteiger partial charge in [-0.25, -0.2) is 0 Å². The lowest BCUT2D eigenvalue weighted by Gasteiger charge is -2.41. The SMILES string of the molecule is CCC1CCCCC1(C(=O)S)c1cccnc1. The highest BCUT2D eigenvalue weighted by Gasteiger charge is 2.45. The van der Waals surface area contributed by atoms with Crippen molar-refractivity contribution in [2.24, 2.45) is 5.92 Å². The van der Waals surface area contributed by atoms with Crippen LogP contribution in [-0.4, -0.2) is 10.1 Å². The fourth-order valence-electron chi connectivity index (χ4n) is 3.21. The Bertz CT molecular complexity index is 392. The van der Waals surface area contributed by atoms with E-state index in [0.717, 1.165) is 31.2 Å². The van der Waals surface area contributed by atoms with Gasteiger partial charge < -0.3 is 0 Å². The molecule has 3 heteroatoms. The summed E-state index contributed by atoms with van der Waals surface area (Å²) in [5, 5.41) is 0.0112. The van der Waals surface area contributed by atoms with Gasteiger partial charge in [0.2, 0.25) is 0 Å². The van der Waals surface area contributed by atoms with Crippen molar-refractivity contribution < 1.29 is 4.79 Å². The lowest BCUT2D eigenvalue weighted by Crippen LogP contribution is -2.43. The molecule has 1 aromatic heterocycles. The molecule has 2 unspecified atom stereocenters. The van der Waals surface area contributed by atoms with Crippen molar-refractivity contribution in [2.45, 2.75) is 44.4 Å². The molecular formula is C14H19NOS. The number of carbonyl (C=O) groups is 1. The van der Waals surface area contributed by atoms with Crippen LogP contribution in [0.25, 0.3) is 0 Å². The molecule has 1 fully saturated rings. The number of pyridine rings is 1. The van der Waals surface area contributed by atoms with E-state index in [0.29, 0.717) is 5.92 Å². The summed E-state index contributed by atoms with van der Waals surface area (Å²) in [5.74, 6) is 0.408. The molecule has 1 aliphatic rings. The third kappa shape index (κ3) is 2.13. The van der Waals surface area contributed by atoms with Gasteiger partial charge in [0.15, 0.2) is 5.12 Å². The van der Waals surface area contributed by atoms with Crippen LogP contribution in [0, 0.1) is 5.92 Å². The molecule has 2 nitrogen and oxygen atoms in total. The maximum absolute atomic E-state index is 12.1. The molecule has 0 amide bonds. The standard InChI is InChI=1S/C14H19NOS/c1-2-11-6-3-4-8-14(11,13(16)17)12-7-5-9-15-10-12/h5,7,9-11H,2-4,6,8H2,1H3,(H,16,17). The van der Waals surface area contributed by atoms with Crippen LogP contribution < -0.4 is 0 Å². The van der Waals surface area contributed by atoms with Gasteiger partial charge in [-0.3, -0.25) is 9.78 Å². The van der Waals surface area contributed by atoms with Gasteiger partial charge in [0.1, 0.15) is 0 Å². The van der Waals surface area contributed by atoms with E-state index < -0.39 is 5.41 Å². The topological polar surface area (TPSA) is 30.0 Å². The van der Waals surface area contributed by atoms with E-state index >= 15 is 0 Å². The second-order valence-corrected chi connectivity index (χ2v) is 5.28. The summed E-state index contributed by atoms with van der Waals surface area (Å²) in [7, 11) is 0. The first-order chi connectivity index (χ1) is 8.21. The van der Waals surface area contributed by atoms with Gasteiger partial charge >= 0.3 is 0 Å². The van der Waals surface area contributed by atoms with Gasteiger partial charge in [-0.05, 0) is 30.4 Å². The first-order valence-electron chi connectivity index (χ1n) is 6.35. The van der Waals surface area contributed by atoms with Crippen molar-refractivity contribution in [1.82, 2.24) is 4.98 Å². The Labute approximate surface area is 108 Å². The Kier molecular flexibility index (Phi) is 3.87. The second-order valence-electron chi connectivity index (χ2n) is 4.87. The van der Waals surface area contributed by atoms with E-state index in [2.05, 4.69) is 24.5 Å². The Balaban J connectivity index is 2.47. The summed E-state index contributed by atoms with van der Waals surface area (Å²) in [6, 6.07) is 3.93. The lowest BCUT2D eigenvalue weighted by atomic mass is 9.62. The highest BCUT2D eigenvalue weighted by molar-refractivity contribution is 7.96. The number of hydrogen-bond acceptors (Lipinski definition) is 2. The van der Waals surface area contributed by atoms with E-state index in [1.807, 2.05) is 18.3 Å². The minimum absolute atomic E-state index is 0.0112. The minimum Gasteiger partial charge on any atom is -0.286 e. The fourth-order valence-corrected chi connectivity index (χ4v) is 3.63. The van der Waals surface area contributed by atoms with E-state index in [1.165, 1.54) is 6.42 Å². The van der Waals surface area contributed by atoms with Crippen molar-refractivity contribution in [1.29, 1.82) is 0 Å². The molecule has 92 valence electrons. The van der Waals surface area contributed by atoms with Crippen LogP contribution in [0.4, 0.5) is 0 Å². The smallest absolute Gasteiger partial charge is 0.196 e. The molecule has 1 aromatic rings. The molecule has 1 saturated carbocycles. The van der Waals surface area contributed by atoms with Crippen molar-refractivity contribution in [2.75, 3.05) is 0 Å². The van der Waals surface area contributed by atoms with Gasteiger partial charge in [0.05, 0.1) is 5.41 Å². The molecule has 0 spiro atoms. The quantitative estimate of drug-likeness (QED) is 0.832. The highest BCUT2D eigenvalue weighted by atomic mass is 32.1. The molecule has 0 aliphatic heterocycles. The number of rotatable bonds is 3. The Hall–Kier alpha value is -0.830. The van der Waals surface area contributed by atoms with E-state index in [-0.39, 0.29) is 5.12 Å². The summed E-state index contributed by atoms with van der Waals surface area (Å²) < 4.78 is 0. The number of hydrogen-bond donors (Lipinski definition) is 1. The highest BCUT2D eigenvalue weighted by Crippen LogP contribution is 2.46. The van der Waals surface area contributed by atoms with Crippen molar-refractivity contribution in [3.8, 4) is 0 Å². The summed E-state index contributed by atoms with van der Waals surface area (Å²) in [4.78, 5) is 16.3. The van der Waals surface area contributed by atoms with Crippen LogP contribution in [0.1, 0.15) is 44.6 Å². The third-order valence-electron chi connectivity index (χ3n) is 4.12. The number of thiol groups is 1. The Morgan fingerprint density at radius 1 is 1.59 bits per heavy atom. The van der Waals surface area contributed by atoms with Gasteiger partial charge in [-0.1, -0.05) is 32.3 Å². The lowest BCUT2D eigenvalue weighted by molar-refractivity contribution is -0.119. The van der Waals surface area contributed by atoms with Crippen LogP contribution in [0.3, 0.4) is 0 Å². The predicted molar refractivity (Wildman–Crippen MR) is 72.2 cm³/mol. The molecule has 2 rings (SSSR count). The molecule has 0 saturated heterocycles. The van der Waals surface area contributed by atoms with Crippen LogP contribution in [0.2, 0.25) is 0 Å². The first kappa shape index (κ1) is 12.6. The molecule has 0 aromatic carbocycles. The Morgan fingerprint density at radius 3 is 3.00 bits per heavy atom. The van der Waals surface area contributed by atoms with Gasteiger partial charge in [0.25, 0.3) is 0 Å². The van der Waals surface area contributed by atoms with Gasteiger partial charge in [-0.2, -0.15) is 0 Å². The Morgan fingerprint density at radius 2 is 2.41 bits per heavy atom. The third-order valence-corrected chi connectivity index (χ3v) is 4.52. The maximum Gasteiger partial charge on any atom is 0.196 e. The van der Waals surface area contributed by atoms with Crippen LogP contribution >= 0.6 is 12.6 Å². The molecule has 1 heterocycles. The molecule has 2 atom stereocenters. The largest absolute Gasteiger partial charge is 0.286 e. The molecule has 0 N–H and O–H groups in total. The predicted octanol–water partition coefficient (Wildman–Crippen LogP) is 3.38. The summed E-state index contributed by atoms with van der Waals surface area (Å²) in [6.45, 7) is 2.16. The monoisotopic (exact) mass is 249 g/mol. The van der Waals surface area contributed by atoms with E-state index in [1.54, 1.807) is 6.20 Å². The number of aromatic nitrogens is 1. The zero-order chi connectivity index (χ0) is 12.3. The number of carbonyl (C=O) groups excluding carboxylic acids is 1. The number of nitrogens with zero attached hydrogens (tertiary/aromatic N) is 1. The summed E-state index contributed by atoms with van der Waals surface area (Å²) in [5.41, 5.74) is 0.649. The van der Waals surface area contributed by atoms with Crippen LogP contribution in [-0.2, 0) is 10.2 Å². The van der Waals surface area contributed by atoms with Gasteiger partial charge in [-0.15, -0.1) is 12.6 Å². The maximum atomic E-state index is 12.1. The molecule has 1 aliphatic carbocycles. The van der Waals surface area contributed by atoms with E-state index in [9.17, 15) is 4.79 Å². The van der Waals surface area contributed by atoms with Crippen molar-refractivity contribution in [3.05, 3.63) is 30.1 Å². The molecule has 0 radical (unpaired) electrons. The average Bonchev–Trinajstić information content (AvgIpc) is 2.39. The van der Waals surface area contributed by atoms with Crippen molar-refractivity contribution >= 4 is 17.7 Å². The molecule has 17 heavy (non-hydrogen) atoms.